The highest BCUT2D eigenvalue weighted by atomic mass is 16.5. The van der Waals surface area contributed by atoms with Gasteiger partial charge in [-0.25, -0.2) is 15.0 Å². The maximum absolute atomic E-state index is 7.08. The van der Waals surface area contributed by atoms with E-state index in [1.165, 1.54) is 32.3 Å². The second-order valence-corrected chi connectivity index (χ2v) is 14.3. The summed E-state index contributed by atoms with van der Waals surface area (Å²) in [5, 5.41) is 9.48. The molecule has 0 N–H and O–H groups in total. The molecular weight excluding hydrogens is 685 g/mol. The number of ether oxygens (including phenoxy) is 1. The van der Waals surface area contributed by atoms with E-state index in [0.717, 1.165) is 66.8 Å². The third-order valence-corrected chi connectivity index (χ3v) is 11.2. The third kappa shape index (κ3) is 4.52. The van der Waals surface area contributed by atoms with Crippen LogP contribution in [-0.2, 0) is 0 Å². The van der Waals surface area contributed by atoms with Gasteiger partial charge in [-0.3, -0.25) is 0 Å². The van der Waals surface area contributed by atoms with Crippen molar-refractivity contribution in [3.05, 3.63) is 182 Å². The lowest BCUT2D eigenvalue weighted by Crippen LogP contribution is -2.04. The molecule has 1 aliphatic rings. The van der Waals surface area contributed by atoms with Gasteiger partial charge in [-0.05, 0) is 62.8 Å². The van der Waals surface area contributed by atoms with Gasteiger partial charge >= 0.3 is 0 Å². The quantitative estimate of drug-likeness (QED) is 0.182. The minimum absolute atomic E-state index is 0.616. The first-order chi connectivity index (χ1) is 27.8. The summed E-state index contributed by atoms with van der Waals surface area (Å²) in [7, 11) is 0. The van der Waals surface area contributed by atoms with E-state index < -0.39 is 0 Å². The fourth-order valence-electron chi connectivity index (χ4n) is 8.75. The van der Waals surface area contributed by atoms with Crippen LogP contribution in [-0.4, -0.2) is 19.5 Å². The Bertz CT molecular complexity index is 3240. The van der Waals surface area contributed by atoms with Crippen molar-refractivity contribution in [2.45, 2.75) is 0 Å². The fraction of sp³-hybridized carbons (Fsp3) is 0. The van der Waals surface area contributed by atoms with Gasteiger partial charge in [0.05, 0.1) is 16.7 Å². The van der Waals surface area contributed by atoms with Crippen molar-refractivity contribution in [3.8, 4) is 62.5 Å². The van der Waals surface area contributed by atoms with E-state index >= 15 is 0 Å². The van der Waals surface area contributed by atoms with Gasteiger partial charge in [-0.2, -0.15) is 0 Å². The van der Waals surface area contributed by atoms with Gasteiger partial charge in [-0.15, -0.1) is 0 Å². The molecule has 11 aromatic rings. The van der Waals surface area contributed by atoms with E-state index in [9.17, 15) is 0 Å². The molecule has 5 heteroatoms. The number of rotatable bonds is 4. The van der Waals surface area contributed by atoms with Gasteiger partial charge in [0.1, 0.15) is 5.75 Å². The maximum Gasteiger partial charge on any atom is 0.164 e. The van der Waals surface area contributed by atoms with Crippen LogP contribution in [0.15, 0.2) is 182 Å². The molecular formula is C51H30N4O. The van der Waals surface area contributed by atoms with Crippen LogP contribution in [0.25, 0.3) is 105 Å². The second kappa shape index (κ2) is 11.9. The molecule has 1 aliphatic heterocycles. The Morgan fingerprint density at radius 2 is 0.893 bits per heavy atom. The monoisotopic (exact) mass is 714 g/mol. The summed E-state index contributed by atoms with van der Waals surface area (Å²) in [5.74, 6) is 3.52. The molecule has 3 heterocycles. The molecule has 0 saturated heterocycles. The first kappa shape index (κ1) is 30.8. The van der Waals surface area contributed by atoms with Gasteiger partial charge in [-0.1, -0.05) is 152 Å². The molecule has 0 bridgehead atoms. The predicted molar refractivity (Wildman–Crippen MR) is 229 cm³/mol. The van der Waals surface area contributed by atoms with Crippen LogP contribution in [0.1, 0.15) is 0 Å². The lowest BCUT2D eigenvalue weighted by atomic mass is 9.92. The normalized spacial score (nSPS) is 12.1. The highest BCUT2D eigenvalue weighted by Gasteiger charge is 2.27. The predicted octanol–water partition coefficient (Wildman–Crippen LogP) is 13.2. The van der Waals surface area contributed by atoms with Crippen molar-refractivity contribution in [3.63, 3.8) is 0 Å². The largest absolute Gasteiger partial charge is 0.454 e. The maximum atomic E-state index is 7.08. The Hall–Kier alpha value is -7.63. The molecule has 9 aromatic carbocycles. The molecule has 0 radical (unpaired) electrons. The van der Waals surface area contributed by atoms with Crippen molar-refractivity contribution in [1.29, 1.82) is 0 Å². The molecule has 12 rings (SSSR count). The molecule has 5 nitrogen and oxygen atoms in total. The lowest BCUT2D eigenvalue weighted by Gasteiger charge is -2.25. The zero-order valence-corrected chi connectivity index (χ0v) is 30.0. The minimum atomic E-state index is 0.616. The number of hydrogen-bond acceptors (Lipinski definition) is 4. The molecule has 0 unspecified atom stereocenters. The van der Waals surface area contributed by atoms with Crippen LogP contribution in [0.3, 0.4) is 0 Å². The van der Waals surface area contributed by atoms with E-state index in [-0.39, 0.29) is 0 Å². The zero-order chi connectivity index (χ0) is 36.7. The fourth-order valence-corrected chi connectivity index (χ4v) is 8.75. The Balaban J connectivity index is 1.09. The van der Waals surface area contributed by atoms with Crippen molar-refractivity contribution in [2.24, 2.45) is 0 Å². The van der Waals surface area contributed by atoms with Gasteiger partial charge in [0, 0.05) is 38.4 Å². The van der Waals surface area contributed by atoms with E-state index in [0.29, 0.717) is 17.5 Å². The molecule has 0 spiro atoms. The standard InChI is InChI=1S/C51H30N4O/c1-3-15-33(16-4-1)49-52-50(34-17-5-2-6-18-34)54-51(53-49)40-27-30-44-45-37(21-11-22-38(40)45)39-23-12-24-43(48(39)56-44)55-41-28-25-31-13-7-9-19-35(31)46(41)47-36-20-10-8-14-32(36)26-29-42(47)55/h1-30H. The average molecular weight is 715 g/mol. The summed E-state index contributed by atoms with van der Waals surface area (Å²) in [4.78, 5) is 15.1. The summed E-state index contributed by atoms with van der Waals surface area (Å²) in [6.45, 7) is 0. The Morgan fingerprint density at radius 1 is 0.357 bits per heavy atom. The Kier molecular flexibility index (Phi) is 6.56. The van der Waals surface area contributed by atoms with Crippen molar-refractivity contribution in [2.75, 3.05) is 0 Å². The number of fused-ring (bicyclic) bond motifs is 9. The zero-order valence-electron chi connectivity index (χ0n) is 30.0. The Morgan fingerprint density at radius 3 is 1.54 bits per heavy atom. The highest BCUT2D eigenvalue weighted by Crippen LogP contribution is 2.52. The first-order valence-corrected chi connectivity index (χ1v) is 18.9. The van der Waals surface area contributed by atoms with Crippen LogP contribution < -0.4 is 4.74 Å². The summed E-state index contributed by atoms with van der Waals surface area (Å²) < 4.78 is 9.47. The average Bonchev–Trinajstić information content (AvgIpc) is 3.62. The molecule has 260 valence electrons. The Labute approximate surface area is 321 Å². The van der Waals surface area contributed by atoms with E-state index in [1.807, 2.05) is 60.7 Å². The number of aromatic nitrogens is 4. The topological polar surface area (TPSA) is 52.8 Å². The van der Waals surface area contributed by atoms with Crippen LogP contribution >= 0.6 is 0 Å². The SMILES string of the molecule is c1ccc(-c2nc(-c3ccccc3)nc(-c3ccc4c5c(cccc35)-c3cccc(-n5c6ccc7ccccc7c6c6c7ccccc7ccc65)c3O4)n2)cc1. The van der Waals surface area contributed by atoms with Crippen molar-refractivity contribution < 1.29 is 4.74 Å². The van der Waals surface area contributed by atoms with Gasteiger partial charge in [0.15, 0.2) is 23.2 Å². The highest BCUT2D eigenvalue weighted by molar-refractivity contribution is 6.28. The second-order valence-electron chi connectivity index (χ2n) is 14.3. The van der Waals surface area contributed by atoms with Gasteiger partial charge in [0.2, 0.25) is 0 Å². The number of hydrogen-bond donors (Lipinski definition) is 0. The summed E-state index contributed by atoms with van der Waals surface area (Å²) in [5.41, 5.74) is 8.23. The van der Waals surface area contributed by atoms with E-state index in [4.69, 9.17) is 19.7 Å². The van der Waals surface area contributed by atoms with Gasteiger partial charge in [0.25, 0.3) is 0 Å². The molecule has 0 atom stereocenters. The van der Waals surface area contributed by atoms with E-state index in [2.05, 4.69) is 126 Å². The molecule has 0 aliphatic carbocycles. The number of nitrogens with zero attached hydrogens (tertiary/aromatic N) is 4. The van der Waals surface area contributed by atoms with Crippen LogP contribution in [0, 0.1) is 0 Å². The van der Waals surface area contributed by atoms with Crippen LogP contribution in [0.4, 0.5) is 0 Å². The summed E-state index contributed by atoms with van der Waals surface area (Å²) in [6, 6.07) is 63.7. The summed E-state index contributed by atoms with van der Waals surface area (Å²) >= 11 is 0. The lowest BCUT2D eigenvalue weighted by molar-refractivity contribution is 0.485. The van der Waals surface area contributed by atoms with Crippen molar-refractivity contribution in [1.82, 2.24) is 19.5 Å². The molecule has 56 heavy (non-hydrogen) atoms. The number of para-hydroxylation sites is 1. The van der Waals surface area contributed by atoms with E-state index in [1.54, 1.807) is 0 Å². The van der Waals surface area contributed by atoms with Crippen LogP contribution in [0.5, 0.6) is 11.5 Å². The number of benzene rings is 9. The first-order valence-electron chi connectivity index (χ1n) is 18.9. The molecule has 2 aromatic heterocycles. The van der Waals surface area contributed by atoms with Crippen LogP contribution in [0.2, 0.25) is 0 Å². The smallest absolute Gasteiger partial charge is 0.164 e. The minimum Gasteiger partial charge on any atom is -0.454 e. The third-order valence-electron chi connectivity index (χ3n) is 11.2. The molecule has 0 amide bonds. The van der Waals surface area contributed by atoms with Gasteiger partial charge < -0.3 is 9.30 Å². The summed E-state index contributed by atoms with van der Waals surface area (Å²) in [6.07, 6.45) is 0. The molecule has 0 fully saturated rings. The van der Waals surface area contributed by atoms with Crippen molar-refractivity contribution >= 4 is 54.1 Å². The molecule has 0 saturated carbocycles.